The van der Waals surface area contributed by atoms with Crippen LogP contribution in [0.1, 0.15) is 30.8 Å². The zero-order chi connectivity index (χ0) is 20.1. The SMILES string of the molecule is Cc1cc(/C=C(\C#N)C(=O)OCC(=O)N2CCNC2=O)c(C)n1CC(C)C. The fraction of sp³-hybridized carbons (Fsp3) is 0.474. The summed E-state index contributed by atoms with van der Waals surface area (Å²) in [6.45, 7) is 8.98. The molecule has 3 amide bonds. The molecule has 1 aliphatic rings. The van der Waals surface area contributed by atoms with E-state index in [4.69, 9.17) is 4.74 Å². The number of nitrogens with zero attached hydrogens (tertiary/aromatic N) is 3. The zero-order valence-corrected chi connectivity index (χ0v) is 16.0. The molecule has 8 heteroatoms. The third-order valence-electron chi connectivity index (χ3n) is 4.29. The highest BCUT2D eigenvalue weighted by atomic mass is 16.5. The van der Waals surface area contributed by atoms with Crippen molar-refractivity contribution in [2.45, 2.75) is 34.2 Å². The minimum atomic E-state index is -0.890. The lowest BCUT2D eigenvalue weighted by atomic mass is 10.1. The van der Waals surface area contributed by atoms with Crippen LogP contribution in [0.5, 0.6) is 0 Å². The van der Waals surface area contributed by atoms with Gasteiger partial charge in [0, 0.05) is 31.0 Å². The summed E-state index contributed by atoms with van der Waals surface area (Å²) in [5.41, 5.74) is 2.55. The van der Waals surface area contributed by atoms with Gasteiger partial charge in [0.2, 0.25) is 0 Å². The van der Waals surface area contributed by atoms with Crippen molar-refractivity contribution in [1.82, 2.24) is 14.8 Å². The lowest BCUT2D eigenvalue weighted by Crippen LogP contribution is -2.37. The third kappa shape index (κ3) is 4.76. The topological polar surface area (TPSA) is 104 Å². The summed E-state index contributed by atoms with van der Waals surface area (Å²) in [7, 11) is 0. The lowest BCUT2D eigenvalue weighted by molar-refractivity contribution is -0.146. The number of aryl methyl sites for hydroxylation is 1. The fourth-order valence-electron chi connectivity index (χ4n) is 2.90. The predicted octanol–water partition coefficient (Wildman–Crippen LogP) is 1.76. The molecule has 1 aromatic heterocycles. The fourth-order valence-corrected chi connectivity index (χ4v) is 2.90. The minimum absolute atomic E-state index is 0.196. The molecule has 0 aliphatic carbocycles. The van der Waals surface area contributed by atoms with E-state index in [1.165, 1.54) is 6.08 Å². The maximum absolute atomic E-state index is 12.2. The van der Waals surface area contributed by atoms with E-state index in [0.29, 0.717) is 12.5 Å². The van der Waals surface area contributed by atoms with Crippen LogP contribution in [-0.2, 0) is 20.9 Å². The second-order valence-corrected chi connectivity index (χ2v) is 6.85. The number of imide groups is 1. The van der Waals surface area contributed by atoms with Crippen LogP contribution < -0.4 is 5.32 Å². The van der Waals surface area contributed by atoms with Gasteiger partial charge in [-0.1, -0.05) is 13.8 Å². The van der Waals surface area contributed by atoms with Crippen molar-refractivity contribution in [3.05, 3.63) is 28.6 Å². The van der Waals surface area contributed by atoms with E-state index >= 15 is 0 Å². The van der Waals surface area contributed by atoms with E-state index in [-0.39, 0.29) is 12.1 Å². The van der Waals surface area contributed by atoms with Crippen LogP contribution >= 0.6 is 0 Å². The predicted molar refractivity (Wildman–Crippen MR) is 98.4 cm³/mol. The Bertz CT molecular complexity index is 829. The van der Waals surface area contributed by atoms with Crippen LogP contribution in [0.4, 0.5) is 4.79 Å². The molecule has 27 heavy (non-hydrogen) atoms. The highest BCUT2D eigenvalue weighted by molar-refractivity contribution is 6.01. The number of carbonyl (C=O) groups excluding carboxylic acids is 3. The molecule has 1 aliphatic heterocycles. The zero-order valence-electron chi connectivity index (χ0n) is 16.0. The van der Waals surface area contributed by atoms with Crippen LogP contribution in [-0.4, -0.2) is 47.1 Å². The molecule has 0 unspecified atom stereocenters. The molecule has 1 saturated heterocycles. The van der Waals surface area contributed by atoms with E-state index in [0.717, 1.165) is 28.4 Å². The summed E-state index contributed by atoms with van der Waals surface area (Å²) in [6.07, 6.45) is 1.47. The molecule has 2 rings (SSSR count). The lowest BCUT2D eigenvalue weighted by Gasteiger charge is -2.12. The normalized spacial score (nSPS) is 14.3. The number of carbonyl (C=O) groups is 3. The molecule has 8 nitrogen and oxygen atoms in total. The van der Waals surface area contributed by atoms with Crippen molar-refractivity contribution in [1.29, 1.82) is 5.26 Å². The van der Waals surface area contributed by atoms with Gasteiger partial charge >= 0.3 is 12.0 Å². The number of hydrogen-bond acceptors (Lipinski definition) is 5. The number of rotatable bonds is 6. The highest BCUT2D eigenvalue weighted by Crippen LogP contribution is 2.20. The van der Waals surface area contributed by atoms with Crippen molar-refractivity contribution in [3.8, 4) is 6.07 Å². The Morgan fingerprint density at radius 3 is 2.67 bits per heavy atom. The van der Waals surface area contributed by atoms with Crippen molar-refractivity contribution in [2.24, 2.45) is 5.92 Å². The number of nitriles is 1. The van der Waals surface area contributed by atoms with Crippen molar-refractivity contribution >= 4 is 24.0 Å². The van der Waals surface area contributed by atoms with Gasteiger partial charge in [0.25, 0.3) is 5.91 Å². The molecule has 2 heterocycles. The number of urea groups is 1. The van der Waals surface area contributed by atoms with Crippen molar-refractivity contribution in [2.75, 3.05) is 19.7 Å². The molecule has 0 spiro atoms. The molecule has 144 valence electrons. The highest BCUT2D eigenvalue weighted by Gasteiger charge is 2.27. The van der Waals surface area contributed by atoms with Crippen LogP contribution in [0.3, 0.4) is 0 Å². The van der Waals surface area contributed by atoms with Crippen LogP contribution in [0.2, 0.25) is 0 Å². The van der Waals surface area contributed by atoms with E-state index in [1.807, 2.05) is 26.0 Å². The number of nitrogens with one attached hydrogen (secondary N) is 1. The van der Waals surface area contributed by atoms with Gasteiger partial charge < -0.3 is 14.6 Å². The Balaban J connectivity index is 2.09. The van der Waals surface area contributed by atoms with E-state index in [1.54, 1.807) is 0 Å². The smallest absolute Gasteiger partial charge is 0.349 e. The first-order chi connectivity index (χ1) is 12.7. The first-order valence-electron chi connectivity index (χ1n) is 8.78. The Morgan fingerprint density at radius 2 is 2.11 bits per heavy atom. The van der Waals surface area contributed by atoms with Gasteiger partial charge in [-0.3, -0.25) is 9.69 Å². The summed E-state index contributed by atoms with van der Waals surface area (Å²) < 4.78 is 7.05. The summed E-state index contributed by atoms with van der Waals surface area (Å²) in [4.78, 5) is 36.5. The van der Waals surface area contributed by atoms with Gasteiger partial charge in [-0.15, -0.1) is 0 Å². The Kier molecular flexibility index (Phi) is 6.40. The number of hydrogen-bond donors (Lipinski definition) is 1. The minimum Gasteiger partial charge on any atom is -0.451 e. The number of ether oxygens (including phenoxy) is 1. The Labute approximate surface area is 158 Å². The molecule has 0 saturated carbocycles. The molecule has 1 N–H and O–H groups in total. The second kappa shape index (κ2) is 8.54. The molecule has 1 fully saturated rings. The van der Waals surface area contributed by atoms with E-state index in [2.05, 4.69) is 23.7 Å². The first kappa shape index (κ1) is 20.2. The summed E-state index contributed by atoms with van der Waals surface area (Å²) in [5.74, 6) is -1.05. The van der Waals surface area contributed by atoms with Crippen LogP contribution in [0, 0.1) is 31.1 Å². The molecule has 0 radical (unpaired) electrons. The number of aromatic nitrogens is 1. The molecular weight excluding hydrogens is 348 g/mol. The molecule has 0 atom stereocenters. The summed E-state index contributed by atoms with van der Waals surface area (Å²) in [5, 5.41) is 11.8. The second-order valence-electron chi connectivity index (χ2n) is 6.85. The van der Waals surface area contributed by atoms with Gasteiger partial charge in [0.1, 0.15) is 11.6 Å². The summed E-state index contributed by atoms with van der Waals surface area (Å²) >= 11 is 0. The largest absolute Gasteiger partial charge is 0.451 e. The monoisotopic (exact) mass is 372 g/mol. The van der Waals surface area contributed by atoms with Crippen molar-refractivity contribution < 1.29 is 19.1 Å². The third-order valence-corrected chi connectivity index (χ3v) is 4.29. The van der Waals surface area contributed by atoms with E-state index < -0.39 is 24.5 Å². The Hall–Kier alpha value is -3.08. The Morgan fingerprint density at radius 1 is 1.41 bits per heavy atom. The molecule has 1 aromatic rings. The number of amides is 3. The van der Waals surface area contributed by atoms with Gasteiger partial charge in [0.15, 0.2) is 6.61 Å². The first-order valence-corrected chi connectivity index (χ1v) is 8.78. The molecular formula is C19H24N4O4. The van der Waals surface area contributed by atoms with Gasteiger partial charge in [-0.25, -0.2) is 9.59 Å². The van der Waals surface area contributed by atoms with Gasteiger partial charge in [-0.05, 0) is 37.5 Å². The quantitative estimate of drug-likeness (QED) is 0.465. The average molecular weight is 372 g/mol. The number of esters is 1. The van der Waals surface area contributed by atoms with Crippen LogP contribution in [0.25, 0.3) is 6.08 Å². The molecule has 0 aromatic carbocycles. The van der Waals surface area contributed by atoms with Crippen LogP contribution in [0.15, 0.2) is 11.6 Å². The average Bonchev–Trinajstić information content (AvgIpc) is 3.15. The molecule has 0 bridgehead atoms. The maximum atomic E-state index is 12.2. The summed E-state index contributed by atoms with van der Waals surface area (Å²) in [6, 6.07) is 3.22. The standard InChI is InChI=1S/C19H24N4O4/c1-12(2)10-23-13(3)7-15(14(23)4)8-16(9-20)18(25)27-11-17(24)22-6-5-21-19(22)26/h7-8,12H,5-6,10-11H2,1-4H3,(H,21,26)/b16-8+. The van der Waals surface area contributed by atoms with Gasteiger partial charge in [-0.2, -0.15) is 5.26 Å². The van der Waals surface area contributed by atoms with Gasteiger partial charge in [0.05, 0.1) is 0 Å². The van der Waals surface area contributed by atoms with E-state index in [9.17, 15) is 19.6 Å². The maximum Gasteiger partial charge on any atom is 0.349 e. The van der Waals surface area contributed by atoms with Crippen molar-refractivity contribution in [3.63, 3.8) is 0 Å².